The van der Waals surface area contributed by atoms with Crippen molar-refractivity contribution in [1.29, 1.82) is 0 Å². The maximum atomic E-state index is 3.41. The number of H-pyrrole nitrogens is 2. The van der Waals surface area contributed by atoms with Gasteiger partial charge in [-0.3, -0.25) is 0 Å². The first-order chi connectivity index (χ1) is 25.4. The van der Waals surface area contributed by atoms with E-state index in [2.05, 4.69) is 205 Å². The SMILES string of the molecule is Cc1cc2ccccc2[nH]1.Cc1cc2ccccc2n1C.Cn1c(-c2ccccc2)cc2ccccc21.c1ccc(-c2cc3ccccc3[nH]2)cc1. The first kappa shape index (κ1) is 34.0. The molecule has 256 valence electrons. The molecule has 6 aromatic carbocycles. The third-order valence-corrected chi connectivity index (χ3v) is 9.49. The van der Waals surface area contributed by atoms with Crippen LogP contribution in [0.2, 0.25) is 0 Å². The van der Waals surface area contributed by atoms with Crippen molar-refractivity contribution in [3.63, 3.8) is 0 Å². The van der Waals surface area contributed by atoms with Gasteiger partial charge in [-0.05, 0) is 84.3 Å². The van der Waals surface area contributed by atoms with Gasteiger partial charge in [-0.1, -0.05) is 133 Å². The summed E-state index contributed by atoms with van der Waals surface area (Å²) in [5.41, 5.74) is 12.5. The Bertz CT molecular complexity index is 2600. The summed E-state index contributed by atoms with van der Waals surface area (Å²) in [6.07, 6.45) is 0. The number of benzene rings is 6. The average Bonchev–Trinajstić information content (AvgIpc) is 3.96. The van der Waals surface area contributed by atoms with Crippen LogP contribution in [0.3, 0.4) is 0 Å². The molecule has 4 aromatic heterocycles. The van der Waals surface area contributed by atoms with Crippen LogP contribution < -0.4 is 0 Å². The Morgan fingerprint density at radius 1 is 0.385 bits per heavy atom. The minimum Gasteiger partial charge on any atom is -0.359 e. The Balaban J connectivity index is 0.000000110. The normalized spacial score (nSPS) is 10.7. The van der Waals surface area contributed by atoms with E-state index in [4.69, 9.17) is 0 Å². The lowest BCUT2D eigenvalue weighted by Crippen LogP contribution is -1.90. The van der Waals surface area contributed by atoms with Gasteiger partial charge in [-0.2, -0.15) is 0 Å². The highest BCUT2D eigenvalue weighted by molar-refractivity contribution is 5.87. The topological polar surface area (TPSA) is 41.4 Å². The molecule has 4 heteroatoms. The number of hydrogen-bond acceptors (Lipinski definition) is 0. The summed E-state index contributed by atoms with van der Waals surface area (Å²) in [7, 11) is 4.21. The van der Waals surface area contributed by atoms with Crippen molar-refractivity contribution >= 4 is 43.6 Å². The maximum Gasteiger partial charge on any atom is 0.0488 e. The zero-order chi connectivity index (χ0) is 35.9. The van der Waals surface area contributed by atoms with Crippen molar-refractivity contribution in [2.45, 2.75) is 13.8 Å². The third-order valence-electron chi connectivity index (χ3n) is 9.49. The number of para-hydroxylation sites is 4. The maximum absolute atomic E-state index is 3.41. The van der Waals surface area contributed by atoms with Gasteiger partial charge in [0.1, 0.15) is 0 Å². The molecule has 0 radical (unpaired) electrons. The van der Waals surface area contributed by atoms with Crippen LogP contribution in [-0.2, 0) is 14.1 Å². The number of fused-ring (bicyclic) bond motifs is 4. The van der Waals surface area contributed by atoms with E-state index in [1.54, 1.807) is 0 Å². The Kier molecular flexibility index (Phi) is 10.2. The molecule has 0 amide bonds. The Hall–Kier alpha value is -6.52. The van der Waals surface area contributed by atoms with Crippen molar-refractivity contribution in [2.24, 2.45) is 14.1 Å². The van der Waals surface area contributed by atoms with E-state index >= 15 is 0 Å². The van der Waals surface area contributed by atoms with Crippen molar-refractivity contribution in [3.8, 4) is 22.5 Å². The number of aryl methyl sites for hydroxylation is 4. The number of aromatic nitrogens is 4. The first-order valence-electron chi connectivity index (χ1n) is 17.7. The predicted octanol–water partition coefficient (Wildman–Crippen LogP) is 12.6. The van der Waals surface area contributed by atoms with Crippen LogP contribution >= 0.6 is 0 Å². The van der Waals surface area contributed by atoms with Crippen LogP contribution in [0.4, 0.5) is 0 Å². The van der Waals surface area contributed by atoms with Gasteiger partial charge >= 0.3 is 0 Å². The van der Waals surface area contributed by atoms with Crippen LogP contribution in [0.1, 0.15) is 11.4 Å². The summed E-state index contributed by atoms with van der Waals surface area (Å²) in [5, 5.41) is 5.17. The zero-order valence-electron chi connectivity index (χ0n) is 30.2. The summed E-state index contributed by atoms with van der Waals surface area (Å²) in [4.78, 5) is 6.67. The van der Waals surface area contributed by atoms with E-state index in [-0.39, 0.29) is 0 Å². The molecular weight excluding hydrogens is 633 g/mol. The summed E-state index contributed by atoms with van der Waals surface area (Å²) in [5.74, 6) is 0. The smallest absolute Gasteiger partial charge is 0.0488 e. The second-order valence-electron chi connectivity index (χ2n) is 13.1. The van der Waals surface area contributed by atoms with Gasteiger partial charge in [-0.15, -0.1) is 0 Å². The highest BCUT2D eigenvalue weighted by Crippen LogP contribution is 2.27. The van der Waals surface area contributed by atoms with Gasteiger partial charge in [0.05, 0.1) is 0 Å². The van der Waals surface area contributed by atoms with Gasteiger partial charge < -0.3 is 19.1 Å². The van der Waals surface area contributed by atoms with Gasteiger partial charge in [-0.25, -0.2) is 0 Å². The fourth-order valence-corrected chi connectivity index (χ4v) is 6.67. The zero-order valence-corrected chi connectivity index (χ0v) is 30.2. The number of nitrogens with one attached hydrogen (secondary N) is 2. The molecule has 0 fully saturated rings. The molecule has 52 heavy (non-hydrogen) atoms. The molecule has 0 aliphatic heterocycles. The molecule has 0 saturated carbocycles. The van der Waals surface area contributed by atoms with Gasteiger partial charge in [0.15, 0.2) is 0 Å². The lowest BCUT2D eigenvalue weighted by Gasteiger charge is -2.03. The van der Waals surface area contributed by atoms with E-state index in [1.165, 1.54) is 77.5 Å². The standard InChI is InChI=1S/C15H13N.C14H11N.C10H11N.C9H9N/c1-16-14-10-6-5-9-13(14)11-15(16)12-7-3-2-4-8-12;1-2-6-11(7-3-1)14-10-12-8-4-5-9-13(12)15-14;1-8-7-9-5-3-4-6-10(9)11(8)2;1-7-6-8-4-2-3-5-9(8)10-7/h2-11H,1H3;1-10,15H;3-7H,1-2H3;2-6,10H,1H3. The minimum atomic E-state index is 1.18. The van der Waals surface area contributed by atoms with Crippen molar-refractivity contribution in [3.05, 3.63) is 193 Å². The van der Waals surface area contributed by atoms with Crippen LogP contribution in [0.5, 0.6) is 0 Å². The lowest BCUT2D eigenvalue weighted by atomic mass is 10.1. The highest BCUT2D eigenvalue weighted by atomic mass is 14.9. The number of hydrogen-bond donors (Lipinski definition) is 2. The first-order valence-corrected chi connectivity index (χ1v) is 17.7. The van der Waals surface area contributed by atoms with E-state index in [0.29, 0.717) is 0 Å². The molecule has 0 aliphatic carbocycles. The molecule has 0 unspecified atom stereocenters. The number of rotatable bonds is 2. The minimum absolute atomic E-state index is 1.18. The predicted molar refractivity (Wildman–Crippen MR) is 223 cm³/mol. The monoisotopic (exact) mass is 676 g/mol. The van der Waals surface area contributed by atoms with Crippen molar-refractivity contribution in [2.75, 3.05) is 0 Å². The van der Waals surface area contributed by atoms with Crippen LogP contribution in [0, 0.1) is 13.8 Å². The molecule has 0 aliphatic rings. The van der Waals surface area contributed by atoms with Crippen molar-refractivity contribution in [1.82, 2.24) is 19.1 Å². The molecule has 0 bridgehead atoms. The molecule has 10 aromatic rings. The van der Waals surface area contributed by atoms with E-state index in [1.807, 2.05) is 24.3 Å². The number of nitrogens with zero attached hydrogens (tertiary/aromatic N) is 2. The van der Waals surface area contributed by atoms with Crippen LogP contribution in [0.15, 0.2) is 182 Å². The molecule has 0 atom stereocenters. The largest absolute Gasteiger partial charge is 0.359 e. The fourth-order valence-electron chi connectivity index (χ4n) is 6.67. The molecule has 10 rings (SSSR count). The van der Waals surface area contributed by atoms with Crippen LogP contribution in [-0.4, -0.2) is 19.1 Å². The lowest BCUT2D eigenvalue weighted by molar-refractivity contribution is 0.918. The molecular formula is C48H44N4. The number of aromatic amines is 2. The fraction of sp³-hybridized carbons (Fsp3) is 0.0833. The second-order valence-corrected chi connectivity index (χ2v) is 13.1. The Morgan fingerprint density at radius 2 is 0.846 bits per heavy atom. The van der Waals surface area contributed by atoms with Crippen molar-refractivity contribution < 1.29 is 0 Å². The summed E-state index contributed by atoms with van der Waals surface area (Å²) >= 11 is 0. The quantitative estimate of drug-likeness (QED) is 0.183. The van der Waals surface area contributed by atoms with Gasteiger partial charge in [0.2, 0.25) is 0 Å². The third kappa shape index (κ3) is 7.62. The van der Waals surface area contributed by atoms with E-state index in [0.717, 1.165) is 0 Å². The molecule has 2 N–H and O–H groups in total. The van der Waals surface area contributed by atoms with Crippen LogP contribution in [0.25, 0.3) is 66.1 Å². The summed E-state index contributed by atoms with van der Waals surface area (Å²) in [6, 6.07) is 63.2. The molecule has 4 nitrogen and oxygen atoms in total. The van der Waals surface area contributed by atoms with Gasteiger partial charge in [0, 0.05) is 69.7 Å². The summed E-state index contributed by atoms with van der Waals surface area (Å²) < 4.78 is 4.44. The van der Waals surface area contributed by atoms with E-state index < -0.39 is 0 Å². The average molecular weight is 677 g/mol. The molecule has 0 saturated heterocycles. The summed E-state index contributed by atoms with van der Waals surface area (Å²) in [6.45, 7) is 4.19. The molecule has 4 heterocycles. The Morgan fingerprint density at radius 3 is 1.40 bits per heavy atom. The molecule has 0 spiro atoms. The highest BCUT2D eigenvalue weighted by Gasteiger charge is 2.06. The second kappa shape index (κ2) is 15.6. The van der Waals surface area contributed by atoms with Gasteiger partial charge in [0.25, 0.3) is 0 Å². The Labute approximate surface area is 305 Å². The van der Waals surface area contributed by atoms with E-state index in [9.17, 15) is 0 Å².